The number of carbonyl (C=O) groups excluding carboxylic acids is 1. The van der Waals surface area contributed by atoms with E-state index in [-0.39, 0.29) is 0 Å². The highest BCUT2D eigenvalue weighted by Crippen LogP contribution is 2.36. The van der Waals surface area contributed by atoms with Gasteiger partial charge in [0.15, 0.2) is 6.10 Å². The summed E-state index contributed by atoms with van der Waals surface area (Å²) < 4.78 is 18.1. The minimum Gasteiger partial charge on any atom is -0.452 e. The molecule has 1 N–H and O–H groups in total. The van der Waals surface area contributed by atoms with Gasteiger partial charge in [-0.2, -0.15) is 0 Å². The maximum absolute atomic E-state index is 12.8. The van der Waals surface area contributed by atoms with Crippen molar-refractivity contribution < 1.29 is 24.1 Å². The summed E-state index contributed by atoms with van der Waals surface area (Å²) in [6.07, 6.45) is -2.99. The summed E-state index contributed by atoms with van der Waals surface area (Å²) >= 11 is 1.43. The summed E-state index contributed by atoms with van der Waals surface area (Å²) in [6.45, 7) is 4.22. The highest BCUT2D eigenvalue weighted by Gasteiger charge is 2.47. The van der Waals surface area contributed by atoms with Crippen LogP contribution in [-0.2, 0) is 20.8 Å². The third kappa shape index (κ3) is 6.03. The number of esters is 1. The number of aliphatic hydroxyl groups excluding tert-OH is 1. The van der Waals surface area contributed by atoms with Gasteiger partial charge >= 0.3 is 5.97 Å². The number of aryl methyl sites for hydroxylation is 1. The van der Waals surface area contributed by atoms with Gasteiger partial charge in [0, 0.05) is 4.90 Å². The largest absolute Gasteiger partial charge is 0.452 e. The van der Waals surface area contributed by atoms with E-state index in [1.165, 1.54) is 11.8 Å². The van der Waals surface area contributed by atoms with Crippen LogP contribution in [0.25, 0.3) is 0 Å². The molecule has 1 fully saturated rings. The Hall–Kier alpha value is -2.64. The zero-order valence-electron chi connectivity index (χ0n) is 18.7. The predicted molar refractivity (Wildman–Crippen MR) is 128 cm³/mol. The van der Waals surface area contributed by atoms with E-state index in [9.17, 15) is 9.90 Å². The van der Waals surface area contributed by atoms with Gasteiger partial charge in [0.1, 0.15) is 17.6 Å². The van der Waals surface area contributed by atoms with Crippen molar-refractivity contribution in [3.8, 4) is 0 Å². The van der Waals surface area contributed by atoms with E-state index >= 15 is 0 Å². The zero-order valence-corrected chi connectivity index (χ0v) is 19.5. The lowest BCUT2D eigenvalue weighted by Gasteiger charge is -2.42. The third-order valence-electron chi connectivity index (χ3n) is 5.56. The fourth-order valence-electron chi connectivity index (χ4n) is 3.73. The molecule has 1 heterocycles. The van der Waals surface area contributed by atoms with Crippen LogP contribution < -0.4 is 0 Å². The number of rotatable bonds is 7. The molecule has 5 atom stereocenters. The molecular weight excluding hydrogens is 436 g/mol. The lowest BCUT2D eigenvalue weighted by Crippen LogP contribution is -2.57. The topological polar surface area (TPSA) is 65.0 Å². The fourth-order valence-corrected chi connectivity index (χ4v) is 4.87. The first-order valence-electron chi connectivity index (χ1n) is 11.0. The number of thioether (sulfide) groups is 1. The SMILES string of the molecule is Cc1ccc(S[C@@H]2O[C@@H](C)[C@H](OCc3ccccc3)[C@@H](O)[C@H]2OC(=O)c2ccccc2)cc1. The van der Waals surface area contributed by atoms with Gasteiger partial charge in [0.25, 0.3) is 0 Å². The quantitative estimate of drug-likeness (QED) is 0.496. The number of benzene rings is 3. The van der Waals surface area contributed by atoms with Gasteiger partial charge in [0.2, 0.25) is 0 Å². The van der Waals surface area contributed by atoms with Crippen molar-refractivity contribution >= 4 is 17.7 Å². The van der Waals surface area contributed by atoms with Gasteiger partial charge in [-0.05, 0) is 43.7 Å². The van der Waals surface area contributed by atoms with Crippen LogP contribution in [0.5, 0.6) is 0 Å². The Balaban J connectivity index is 1.53. The molecule has 3 aromatic rings. The molecule has 33 heavy (non-hydrogen) atoms. The third-order valence-corrected chi connectivity index (χ3v) is 6.72. The van der Waals surface area contributed by atoms with E-state index in [1.54, 1.807) is 24.3 Å². The van der Waals surface area contributed by atoms with Crippen LogP contribution in [0.2, 0.25) is 0 Å². The van der Waals surface area contributed by atoms with Gasteiger partial charge in [-0.25, -0.2) is 4.79 Å². The van der Waals surface area contributed by atoms with Crippen LogP contribution in [0, 0.1) is 6.92 Å². The van der Waals surface area contributed by atoms with E-state index in [1.807, 2.05) is 74.5 Å². The standard InChI is InChI=1S/C27H28O5S/c1-18-13-15-22(16-14-18)33-27-25(32-26(29)21-11-7-4-8-12-21)23(28)24(19(2)31-27)30-17-20-9-5-3-6-10-20/h3-16,19,23-25,27-28H,17H2,1-2H3/t19-,23+,24-,25+,27-/m0/s1. The lowest BCUT2D eigenvalue weighted by molar-refractivity contribution is -0.212. The van der Waals surface area contributed by atoms with Gasteiger partial charge < -0.3 is 19.3 Å². The summed E-state index contributed by atoms with van der Waals surface area (Å²) in [7, 11) is 0. The first kappa shape index (κ1) is 23.5. The van der Waals surface area contributed by atoms with Crippen LogP contribution in [0.4, 0.5) is 0 Å². The Morgan fingerprint density at radius 1 is 0.939 bits per heavy atom. The number of aliphatic hydroxyl groups is 1. The average molecular weight is 465 g/mol. The second-order valence-corrected chi connectivity index (χ2v) is 9.30. The summed E-state index contributed by atoms with van der Waals surface area (Å²) in [6, 6.07) is 26.5. The molecular formula is C27H28O5S. The van der Waals surface area contributed by atoms with Gasteiger partial charge in [-0.1, -0.05) is 78.0 Å². The monoisotopic (exact) mass is 464 g/mol. The Bertz CT molecular complexity index is 1030. The van der Waals surface area contributed by atoms with Crippen molar-refractivity contribution in [1.82, 2.24) is 0 Å². The second kappa shape index (κ2) is 11.0. The predicted octanol–water partition coefficient (Wildman–Crippen LogP) is 5.00. The number of hydrogen-bond donors (Lipinski definition) is 1. The summed E-state index contributed by atoms with van der Waals surface area (Å²) in [5, 5.41) is 11.3. The molecule has 0 spiro atoms. The highest BCUT2D eigenvalue weighted by atomic mass is 32.2. The fraction of sp³-hybridized carbons (Fsp3) is 0.296. The van der Waals surface area contributed by atoms with Gasteiger partial charge in [0.05, 0.1) is 18.3 Å². The molecule has 5 nitrogen and oxygen atoms in total. The van der Waals surface area contributed by atoms with Crippen molar-refractivity contribution in [1.29, 1.82) is 0 Å². The molecule has 3 aromatic carbocycles. The van der Waals surface area contributed by atoms with Crippen molar-refractivity contribution in [2.75, 3.05) is 0 Å². The smallest absolute Gasteiger partial charge is 0.338 e. The Labute approximate surface area is 198 Å². The van der Waals surface area contributed by atoms with Gasteiger partial charge in [-0.3, -0.25) is 0 Å². The molecule has 172 valence electrons. The minimum atomic E-state index is -1.05. The summed E-state index contributed by atoms with van der Waals surface area (Å²) in [4.78, 5) is 13.8. The first-order chi connectivity index (χ1) is 16.0. The Morgan fingerprint density at radius 2 is 1.58 bits per heavy atom. The molecule has 0 aromatic heterocycles. The van der Waals surface area contributed by atoms with Gasteiger partial charge in [-0.15, -0.1) is 0 Å². The molecule has 1 saturated heterocycles. The van der Waals surface area contributed by atoms with E-state index in [2.05, 4.69) is 0 Å². The molecule has 0 saturated carbocycles. The average Bonchev–Trinajstić information content (AvgIpc) is 2.84. The molecule has 0 amide bonds. The summed E-state index contributed by atoms with van der Waals surface area (Å²) in [5.41, 5.74) is 1.98. The van der Waals surface area contributed by atoms with E-state index in [0.29, 0.717) is 12.2 Å². The van der Waals surface area contributed by atoms with Crippen molar-refractivity contribution in [3.63, 3.8) is 0 Å². The molecule has 0 aliphatic carbocycles. The number of carbonyl (C=O) groups is 1. The zero-order chi connectivity index (χ0) is 23.2. The number of hydrogen-bond acceptors (Lipinski definition) is 6. The molecule has 0 radical (unpaired) electrons. The highest BCUT2D eigenvalue weighted by molar-refractivity contribution is 7.99. The number of ether oxygens (including phenoxy) is 3. The van der Waals surface area contributed by atoms with Crippen molar-refractivity contribution in [2.45, 2.75) is 55.2 Å². The van der Waals surface area contributed by atoms with Crippen LogP contribution in [0.15, 0.2) is 89.8 Å². The van der Waals surface area contributed by atoms with E-state index in [4.69, 9.17) is 14.2 Å². The van der Waals surface area contributed by atoms with E-state index < -0.39 is 35.8 Å². The van der Waals surface area contributed by atoms with Crippen LogP contribution in [0.1, 0.15) is 28.4 Å². The van der Waals surface area contributed by atoms with Crippen LogP contribution in [-0.4, -0.2) is 40.9 Å². The second-order valence-electron chi connectivity index (χ2n) is 8.13. The van der Waals surface area contributed by atoms with Crippen LogP contribution in [0.3, 0.4) is 0 Å². The molecule has 6 heteroatoms. The summed E-state index contributed by atoms with van der Waals surface area (Å²) in [5.74, 6) is -0.505. The molecule has 0 bridgehead atoms. The maximum Gasteiger partial charge on any atom is 0.338 e. The van der Waals surface area contributed by atoms with Crippen molar-refractivity contribution in [3.05, 3.63) is 102 Å². The first-order valence-corrected chi connectivity index (χ1v) is 11.9. The Kier molecular flexibility index (Phi) is 7.83. The molecule has 1 aliphatic rings. The normalized spacial score (nSPS) is 24.9. The van der Waals surface area contributed by atoms with E-state index in [0.717, 1.165) is 16.0 Å². The molecule has 0 unspecified atom stereocenters. The lowest BCUT2D eigenvalue weighted by atomic mass is 10.00. The maximum atomic E-state index is 12.8. The molecule has 1 aliphatic heterocycles. The minimum absolute atomic E-state index is 0.325. The van der Waals surface area contributed by atoms with Crippen LogP contribution >= 0.6 is 11.8 Å². The van der Waals surface area contributed by atoms with Crippen molar-refractivity contribution in [2.24, 2.45) is 0 Å². The molecule has 4 rings (SSSR count). The Morgan fingerprint density at radius 3 is 2.24 bits per heavy atom.